The van der Waals surface area contributed by atoms with Gasteiger partial charge in [0.2, 0.25) is 0 Å². The number of H-pyrrole nitrogens is 1. The zero-order valence-electron chi connectivity index (χ0n) is 25.0. The number of nitrogens with one attached hydrogen (secondary N) is 1. The lowest BCUT2D eigenvalue weighted by Crippen LogP contribution is -2.40. The van der Waals surface area contributed by atoms with Gasteiger partial charge >= 0.3 is 5.97 Å². The maximum absolute atomic E-state index is 14.1. The van der Waals surface area contributed by atoms with E-state index in [0.717, 1.165) is 23.1 Å². The first-order valence-electron chi connectivity index (χ1n) is 14.0. The van der Waals surface area contributed by atoms with Gasteiger partial charge < -0.3 is 14.5 Å². The number of esters is 1. The number of nitro groups is 1. The number of hydrogen-bond acceptors (Lipinski definition) is 11. The number of aryl methyl sites for hydroxylation is 1. The second kappa shape index (κ2) is 13.0. The lowest BCUT2D eigenvalue weighted by atomic mass is 9.96. The van der Waals surface area contributed by atoms with Crippen LogP contribution in [0.5, 0.6) is 5.75 Å². The third kappa shape index (κ3) is 6.81. The molecule has 0 amide bonds. The van der Waals surface area contributed by atoms with Crippen LogP contribution in [0.3, 0.4) is 0 Å². The molecule has 1 atom stereocenters. The summed E-state index contributed by atoms with van der Waals surface area (Å²) in [5.41, 5.74) is 1.22. The second-order valence-electron chi connectivity index (χ2n) is 10.3. The minimum Gasteiger partial charge on any atom is -0.494 e. The van der Waals surface area contributed by atoms with Gasteiger partial charge in [0.15, 0.2) is 9.96 Å². The van der Waals surface area contributed by atoms with Gasteiger partial charge in [-0.25, -0.2) is 14.8 Å². The minimum atomic E-state index is -0.842. The highest BCUT2D eigenvalue weighted by Gasteiger charge is 2.34. The van der Waals surface area contributed by atoms with Crippen LogP contribution in [-0.2, 0) is 9.53 Å². The largest absolute Gasteiger partial charge is 0.494 e. The fourth-order valence-corrected chi connectivity index (χ4v) is 6.75. The van der Waals surface area contributed by atoms with Crippen LogP contribution in [0.2, 0.25) is 0 Å². The fourth-order valence-electron chi connectivity index (χ4n) is 4.79. The van der Waals surface area contributed by atoms with E-state index < -0.39 is 28.6 Å². The highest BCUT2D eigenvalue weighted by atomic mass is 32.2. The highest BCUT2D eigenvalue weighted by Crippen LogP contribution is 2.33. The van der Waals surface area contributed by atoms with Gasteiger partial charge in [0.25, 0.3) is 16.8 Å². The molecular weight excluding hydrogens is 619 g/mol. The number of rotatable bonds is 9. The van der Waals surface area contributed by atoms with Crippen molar-refractivity contribution < 1.29 is 19.2 Å². The number of non-ortho nitro benzene ring substituents is 1. The maximum Gasteiger partial charge on any atom is 0.338 e. The fraction of sp³-hybridized carbons (Fsp3) is 0.258. The molecule has 5 rings (SSSR count). The second-order valence-corrected chi connectivity index (χ2v) is 12.4. The number of hydrogen-bond donors (Lipinski definition) is 1. The highest BCUT2D eigenvalue weighted by molar-refractivity contribution is 7.99. The quantitative estimate of drug-likeness (QED) is 0.122. The Balaban J connectivity index is 1.69. The van der Waals surface area contributed by atoms with Crippen molar-refractivity contribution in [3.05, 3.63) is 117 Å². The van der Waals surface area contributed by atoms with Crippen LogP contribution in [0.25, 0.3) is 6.08 Å². The van der Waals surface area contributed by atoms with Crippen LogP contribution in [0.4, 0.5) is 5.69 Å². The average Bonchev–Trinajstić information content (AvgIpc) is 3.26. The van der Waals surface area contributed by atoms with E-state index in [1.165, 1.54) is 22.8 Å². The van der Waals surface area contributed by atoms with E-state index >= 15 is 0 Å². The summed E-state index contributed by atoms with van der Waals surface area (Å²) in [7, 11) is 0. The maximum atomic E-state index is 14.1. The number of nitrogens with zero attached hydrogens (tertiary/aromatic N) is 4. The molecule has 0 radical (unpaired) electrons. The van der Waals surface area contributed by atoms with Crippen LogP contribution < -0.4 is 25.2 Å². The van der Waals surface area contributed by atoms with Gasteiger partial charge in [-0.15, -0.1) is 0 Å². The smallest absolute Gasteiger partial charge is 0.338 e. The first-order valence-corrected chi connectivity index (χ1v) is 15.6. The molecular formula is C31H29N5O7S2. The lowest BCUT2D eigenvalue weighted by molar-refractivity contribution is -0.384. The van der Waals surface area contributed by atoms with Crippen LogP contribution in [0, 0.1) is 17.0 Å². The Hall–Kier alpha value is -4.82. The van der Waals surface area contributed by atoms with Gasteiger partial charge in [0, 0.05) is 28.8 Å². The number of fused-ring (bicyclic) bond motifs is 1. The molecule has 2 aromatic carbocycles. The van der Waals surface area contributed by atoms with Crippen molar-refractivity contribution in [1.29, 1.82) is 0 Å². The number of allylic oxidation sites excluding steroid dienone is 1. The van der Waals surface area contributed by atoms with Gasteiger partial charge in [-0.1, -0.05) is 35.2 Å². The number of benzene rings is 2. The minimum absolute atomic E-state index is 0.175. The number of thiazole rings is 1. The monoisotopic (exact) mass is 647 g/mol. The molecule has 45 heavy (non-hydrogen) atoms. The first-order chi connectivity index (χ1) is 21.4. The van der Waals surface area contributed by atoms with Crippen molar-refractivity contribution in [2.24, 2.45) is 4.99 Å². The molecule has 12 nitrogen and oxygen atoms in total. The number of ether oxygens (including phenoxy) is 2. The molecule has 3 heterocycles. The summed E-state index contributed by atoms with van der Waals surface area (Å²) in [5.74, 6) is 0.0530. The summed E-state index contributed by atoms with van der Waals surface area (Å²) >= 11 is 2.20. The Morgan fingerprint density at radius 2 is 1.91 bits per heavy atom. The van der Waals surface area contributed by atoms with E-state index in [1.807, 2.05) is 6.92 Å². The van der Waals surface area contributed by atoms with Crippen LogP contribution in [-0.4, -0.2) is 38.1 Å². The zero-order chi connectivity index (χ0) is 32.4. The van der Waals surface area contributed by atoms with E-state index in [-0.39, 0.29) is 21.4 Å². The molecule has 4 aromatic rings. The Kier molecular flexibility index (Phi) is 9.16. The molecule has 1 N–H and O–H groups in total. The predicted octanol–water partition coefficient (Wildman–Crippen LogP) is 4.04. The molecule has 0 fully saturated rings. The van der Waals surface area contributed by atoms with Crippen molar-refractivity contribution in [2.75, 3.05) is 6.61 Å². The zero-order valence-corrected chi connectivity index (χ0v) is 26.7. The summed E-state index contributed by atoms with van der Waals surface area (Å²) < 4.78 is 12.8. The van der Waals surface area contributed by atoms with E-state index in [4.69, 9.17) is 9.47 Å². The number of carbonyl (C=O) groups excluding carboxylic acids is 1. The number of aromatic nitrogens is 3. The lowest BCUT2D eigenvalue weighted by Gasteiger charge is -2.25. The Morgan fingerprint density at radius 1 is 1.18 bits per heavy atom. The standard InChI is InChI=1S/C31H29N5O7S2/c1-6-42-22-10-7-19(8-11-22)27-26(29(39)43-16(2)3)18(5)33-31-35(27)28(38)24(45-31)15-20-14-21(36(40)41)9-12-23(20)44-30-32-17(4)13-25(37)34-30/h7-16,27H,6H2,1-5H3,(H,32,34,37)/b24-15-/t27-/m1/s1. The van der Waals surface area contributed by atoms with Crippen molar-refractivity contribution in [3.8, 4) is 5.75 Å². The predicted molar refractivity (Wildman–Crippen MR) is 169 cm³/mol. The van der Waals surface area contributed by atoms with Crippen molar-refractivity contribution in [3.63, 3.8) is 0 Å². The SMILES string of the molecule is CCOc1ccc([C@@H]2C(C(=O)OC(C)C)=C(C)N=c3s/c(=C\c4cc([N+](=O)[O-])ccc4Sc4nc(C)cc(=O)[nH]4)c(=O)n32)cc1. The summed E-state index contributed by atoms with van der Waals surface area (Å²) in [4.78, 5) is 63.2. The van der Waals surface area contributed by atoms with Crippen molar-refractivity contribution in [2.45, 2.75) is 56.8 Å². The van der Waals surface area contributed by atoms with E-state index in [9.17, 15) is 24.5 Å². The van der Waals surface area contributed by atoms with Gasteiger partial charge in [-0.3, -0.25) is 24.3 Å². The molecule has 14 heteroatoms. The molecule has 0 saturated heterocycles. The first kappa shape index (κ1) is 31.6. The van der Waals surface area contributed by atoms with Gasteiger partial charge in [0.05, 0.1) is 39.5 Å². The molecule has 0 saturated carbocycles. The normalized spacial score (nSPS) is 14.7. The Morgan fingerprint density at radius 3 is 2.56 bits per heavy atom. The summed E-state index contributed by atoms with van der Waals surface area (Å²) in [5, 5.41) is 12.0. The molecule has 1 aliphatic heterocycles. The van der Waals surface area contributed by atoms with Gasteiger partial charge in [-0.05, 0) is 70.0 Å². The third-order valence-corrected chi connectivity index (χ3v) is 8.60. The van der Waals surface area contributed by atoms with Crippen LogP contribution in [0.15, 0.2) is 84.4 Å². The molecule has 0 aliphatic carbocycles. The van der Waals surface area contributed by atoms with Crippen LogP contribution in [0.1, 0.15) is 50.6 Å². The topological polar surface area (TPSA) is 159 Å². The molecule has 2 aromatic heterocycles. The molecule has 0 bridgehead atoms. The molecule has 1 aliphatic rings. The summed E-state index contributed by atoms with van der Waals surface area (Å²) in [6, 6.07) is 11.9. The van der Waals surface area contributed by atoms with Gasteiger partial charge in [0.1, 0.15) is 5.75 Å². The molecule has 0 spiro atoms. The van der Waals surface area contributed by atoms with E-state index in [2.05, 4.69) is 15.0 Å². The number of carbonyl (C=O) groups is 1. The Bertz CT molecular complexity index is 2080. The van der Waals surface area contributed by atoms with E-state index in [1.54, 1.807) is 64.1 Å². The Labute approximate surface area is 264 Å². The van der Waals surface area contributed by atoms with Gasteiger partial charge in [-0.2, -0.15) is 0 Å². The summed E-state index contributed by atoms with van der Waals surface area (Å²) in [6.07, 6.45) is 1.15. The molecule has 0 unspecified atom stereocenters. The number of nitro benzene ring substituents is 1. The third-order valence-electron chi connectivity index (χ3n) is 6.64. The average molecular weight is 648 g/mol. The van der Waals surface area contributed by atoms with Crippen molar-refractivity contribution >= 4 is 40.8 Å². The summed E-state index contributed by atoms with van der Waals surface area (Å²) in [6.45, 7) is 9.22. The van der Waals surface area contributed by atoms with Crippen LogP contribution >= 0.6 is 23.1 Å². The van der Waals surface area contributed by atoms with Crippen molar-refractivity contribution in [1.82, 2.24) is 14.5 Å². The molecule has 232 valence electrons. The number of aromatic amines is 1. The van der Waals surface area contributed by atoms with E-state index in [0.29, 0.717) is 49.7 Å².